The Morgan fingerprint density at radius 3 is 2.86 bits per heavy atom. The highest BCUT2D eigenvalue weighted by Crippen LogP contribution is 2.25. The van der Waals surface area contributed by atoms with Gasteiger partial charge < -0.3 is 14.6 Å². The summed E-state index contributed by atoms with van der Waals surface area (Å²) in [5.41, 5.74) is 1.25. The topological polar surface area (TPSA) is 26.2 Å². The van der Waals surface area contributed by atoms with Crippen molar-refractivity contribution < 1.29 is 4.74 Å². The molecule has 3 nitrogen and oxygen atoms in total. The van der Waals surface area contributed by atoms with E-state index in [0.717, 1.165) is 18.8 Å². The number of benzene rings is 1. The number of hydrogen-bond acceptors (Lipinski definition) is 2. The van der Waals surface area contributed by atoms with Crippen molar-refractivity contribution in [3.05, 3.63) is 30.5 Å². The number of nitrogens with zero attached hydrogens (tertiary/aromatic N) is 1. The van der Waals surface area contributed by atoms with Gasteiger partial charge in [0, 0.05) is 30.7 Å². The molecule has 1 unspecified atom stereocenters. The SMILES string of the molecule is CCCCCC(C)NCCn1ccc2c(OC)cccc21. The summed E-state index contributed by atoms with van der Waals surface area (Å²) in [5.74, 6) is 0.951. The molecule has 0 aliphatic rings. The monoisotopic (exact) mass is 288 g/mol. The molecule has 0 fully saturated rings. The number of fused-ring (bicyclic) bond motifs is 1. The van der Waals surface area contributed by atoms with Crippen LogP contribution in [0, 0.1) is 0 Å². The first-order valence-corrected chi connectivity index (χ1v) is 8.11. The summed E-state index contributed by atoms with van der Waals surface area (Å²) >= 11 is 0. The van der Waals surface area contributed by atoms with Crippen LogP contribution < -0.4 is 10.1 Å². The average molecular weight is 288 g/mol. The number of ether oxygens (including phenoxy) is 1. The molecule has 1 aromatic heterocycles. The fourth-order valence-electron chi connectivity index (χ4n) is 2.80. The van der Waals surface area contributed by atoms with Crippen LogP contribution >= 0.6 is 0 Å². The van der Waals surface area contributed by atoms with Crippen LogP contribution in [0.3, 0.4) is 0 Å². The van der Waals surface area contributed by atoms with Crippen molar-refractivity contribution in [3.8, 4) is 5.75 Å². The van der Waals surface area contributed by atoms with Crippen molar-refractivity contribution >= 4 is 10.9 Å². The van der Waals surface area contributed by atoms with Crippen LogP contribution in [0.15, 0.2) is 30.5 Å². The summed E-state index contributed by atoms with van der Waals surface area (Å²) < 4.78 is 7.70. The zero-order valence-corrected chi connectivity index (χ0v) is 13.6. The van der Waals surface area contributed by atoms with Crippen molar-refractivity contribution in [2.24, 2.45) is 0 Å². The van der Waals surface area contributed by atoms with Crippen LogP contribution in [0.2, 0.25) is 0 Å². The Hall–Kier alpha value is -1.48. The third-order valence-electron chi connectivity index (χ3n) is 4.08. The quantitative estimate of drug-likeness (QED) is 0.700. The second kappa shape index (κ2) is 8.08. The standard InChI is InChI=1S/C18H28N2O/c1-4-5-6-8-15(2)19-12-14-20-13-11-16-17(20)9-7-10-18(16)21-3/h7,9-11,13,15,19H,4-6,8,12,14H2,1-3H3. The molecule has 3 heteroatoms. The summed E-state index contributed by atoms with van der Waals surface area (Å²) in [6.45, 7) is 6.54. The first-order valence-electron chi connectivity index (χ1n) is 8.11. The molecule has 21 heavy (non-hydrogen) atoms. The molecule has 0 spiro atoms. The summed E-state index contributed by atoms with van der Waals surface area (Å²) in [5, 5.41) is 4.81. The van der Waals surface area contributed by atoms with E-state index < -0.39 is 0 Å². The highest BCUT2D eigenvalue weighted by atomic mass is 16.5. The van der Waals surface area contributed by atoms with Gasteiger partial charge >= 0.3 is 0 Å². The van der Waals surface area contributed by atoms with Gasteiger partial charge in [-0.1, -0.05) is 32.3 Å². The largest absolute Gasteiger partial charge is 0.496 e. The molecule has 0 amide bonds. The second-order valence-electron chi connectivity index (χ2n) is 5.75. The molecule has 2 rings (SSSR count). The van der Waals surface area contributed by atoms with Crippen molar-refractivity contribution in [1.82, 2.24) is 9.88 Å². The van der Waals surface area contributed by atoms with E-state index in [0.29, 0.717) is 6.04 Å². The Kier molecular flexibility index (Phi) is 6.12. The van der Waals surface area contributed by atoms with E-state index in [-0.39, 0.29) is 0 Å². The van der Waals surface area contributed by atoms with E-state index in [1.54, 1.807) is 7.11 Å². The minimum Gasteiger partial charge on any atom is -0.496 e. The molecular formula is C18H28N2O. The van der Waals surface area contributed by atoms with Gasteiger partial charge in [-0.2, -0.15) is 0 Å². The van der Waals surface area contributed by atoms with Gasteiger partial charge in [-0.3, -0.25) is 0 Å². The first kappa shape index (κ1) is 15.9. The molecule has 1 atom stereocenters. The lowest BCUT2D eigenvalue weighted by molar-refractivity contribution is 0.420. The molecule has 0 aliphatic heterocycles. The minimum atomic E-state index is 0.605. The lowest BCUT2D eigenvalue weighted by atomic mass is 10.1. The van der Waals surface area contributed by atoms with Gasteiger partial charge in [0.1, 0.15) is 5.75 Å². The van der Waals surface area contributed by atoms with Crippen molar-refractivity contribution in [2.75, 3.05) is 13.7 Å². The zero-order valence-electron chi connectivity index (χ0n) is 13.6. The highest BCUT2D eigenvalue weighted by molar-refractivity contribution is 5.86. The van der Waals surface area contributed by atoms with Gasteiger partial charge in [0.2, 0.25) is 0 Å². The molecule has 1 N–H and O–H groups in total. The lowest BCUT2D eigenvalue weighted by Crippen LogP contribution is -2.29. The number of nitrogens with one attached hydrogen (secondary N) is 1. The van der Waals surface area contributed by atoms with Crippen molar-refractivity contribution in [1.29, 1.82) is 0 Å². The fraction of sp³-hybridized carbons (Fsp3) is 0.556. The van der Waals surface area contributed by atoms with Crippen molar-refractivity contribution in [2.45, 2.75) is 52.1 Å². The molecule has 2 aromatic rings. The van der Waals surface area contributed by atoms with Gasteiger partial charge in [0.05, 0.1) is 12.6 Å². The Morgan fingerprint density at radius 1 is 1.24 bits per heavy atom. The molecule has 0 bridgehead atoms. The molecule has 0 radical (unpaired) electrons. The number of rotatable bonds is 9. The van der Waals surface area contributed by atoms with Gasteiger partial charge in [-0.05, 0) is 31.5 Å². The number of methoxy groups -OCH3 is 1. The Morgan fingerprint density at radius 2 is 2.10 bits per heavy atom. The Labute approximate surface area is 128 Å². The van der Waals surface area contributed by atoms with Crippen LogP contribution in [0.4, 0.5) is 0 Å². The van der Waals surface area contributed by atoms with Gasteiger partial charge in [0.25, 0.3) is 0 Å². The normalized spacial score (nSPS) is 12.7. The van der Waals surface area contributed by atoms with Gasteiger partial charge in [0.15, 0.2) is 0 Å². The minimum absolute atomic E-state index is 0.605. The third-order valence-corrected chi connectivity index (χ3v) is 4.08. The number of aromatic nitrogens is 1. The highest BCUT2D eigenvalue weighted by Gasteiger charge is 2.06. The third kappa shape index (κ3) is 4.24. The molecule has 0 aliphatic carbocycles. The average Bonchev–Trinajstić information content (AvgIpc) is 2.91. The molecule has 0 saturated heterocycles. The van der Waals surface area contributed by atoms with E-state index in [2.05, 4.69) is 48.1 Å². The maximum absolute atomic E-state index is 5.41. The fourth-order valence-corrected chi connectivity index (χ4v) is 2.80. The lowest BCUT2D eigenvalue weighted by Gasteiger charge is -2.14. The van der Waals surface area contributed by atoms with E-state index in [9.17, 15) is 0 Å². The smallest absolute Gasteiger partial charge is 0.128 e. The van der Waals surface area contributed by atoms with E-state index in [4.69, 9.17) is 4.74 Å². The molecule has 116 valence electrons. The molecule has 0 saturated carbocycles. The number of unbranched alkanes of at least 4 members (excludes halogenated alkanes) is 2. The molecular weight excluding hydrogens is 260 g/mol. The van der Waals surface area contributed by atoms with Gasteiger partial charge in [-0.25, -0.2) is 0 Å². The predicted molar refractivity (Wildman–Crippen MR) is 90.1 cm³/mol. The van der Waals surface area contributed by atoms with Crippen LogP contribution in [-0.2, 0) is 6.54 Å². The van der Waals surface area contributed by atoms with E-state index in [1.807, 2.05) is 6.07 Å². The maximum Gasteiger partial charge on any atom is 0.128 e. The first-order chi connectivity index (χ1) is 10.3. The molecule has 1 heterocycles. The Balaban J connectivity index is 1.86. The summed E-state index contributed by atoms with van der Waals surface area (Å²) in [6, 6.07) is 8.97. The van der Waals surface area contributed by atoms with Gasteiger partial charge in [-0.15, -0.1) is 0 Å². The van der Waals surface area contributed by atoms with Crippen molar-refractivity contribution in [3.63, 3.8) is 0 Å². The van der Waals surface area contributed by atoms with Crippen LogP contribution in [0.5, 0.6) is 5.75 Å². The van der Waals surface area contributed by atoms with Crippen LogP contribution in [-0.4, -0.2) is 24.3 Å². The maximum atomic E-state index is 5.41. The Bertz CT molecular complexity index is 547. The summed E-state index contributed by atoms with van der Waals surface area (Å²) in [4.78, 5) is 0. The van der Waals surface area contributed by atoms with E-state index >= 15 is 0 Å². The molecule has 1 aromatic carbocycles. The number of hydrogen-bond donors (Lipinski definition) is 1. The van der Waals surface area contributed by atoms with Crippen LogP contribution in [0.25, 0.3) is 10.9 Å². The summed E-state index contributed by atoms with van der Waals surface area (Å²) in [7, 11) is 1.73. The van der Waals surface area contributed by atoms with Crippen LogP contribution in [0.1, 0.15) is 39.5 Å². The zero-order chi connectivity index (χ0) is 15.1. The second-order valence-corrected chi connectivity index (χ2v) is 5.75. The predicted octanol–water partition coefficient (Wildman–Crippen LogP) is 4.21. The van der Waals surface area contributed by atoms with E-state index in [1.165, 1.54) is 36.6 Å². The summed E-state index contributed by atoms with van der Waals surface area (Å²) in [6.07, 6.45) is 7.39.